The number of rotatable bonds is 4. The van der Waals surface area contributed by atoms with E-state index in [1.54, 1.807) is 0 Å². The number of fused-ring (bicyclic) bond motifs is 5. The van der Waals surface area contributed by atoms with Gasteiger partial charge in [-0.3, -0.25) is 0 Å². The molecule has 0 aliphatic heterocycles. The molecule has 0 N–H and O–H groups in total. The first kappa shape index (κ1) is 26.9. The fourth-order valence-electron chi connectivity index (χ4n) is 7.76. The molecule has 222 valence electrons. The van der Waals surface area contributed by atoms with Gasteiger partial charge in [-0.1, -0.05) is 158 Å². The second-order valence-electron chi connectivity index (χ2n) is 12.9. The minimum atomic E-state index is 1.23. The molecule has 1 aliphatic rings. The Kier molecular flexibility index (Phi) is 5.98. The van der Waals surface area contributed by atoms with Crippen LogP contribution in [0.2, 0.25) is 0 Å². The molecule has 10 rings (SSSR count). The molecule has 0 amide bonds. The fourth-order valence-corrected chi connectivity index (χ4v) is 7.76. The van der Waals surface area contributed by atoms with Crippen molar-refractivity contribution in [2.75, 3.05) is 0 Å². The highest BCUT2D eigenvalue weighted by Gasteiger charge is 2.22. The van der Waals surface area contributed by atoms with E-state index in [0.29, 0.717) is 0 Å². The quantitative estimate of drug-likeness (QED) is 0.187. The Morgan fingerprint density at radius 3 is 1.33 bits per heavy atom. The summed E-state index contributed by atoms with van der Waals surface area (Å²) in [6, 6.07) is 67.0. The second-order valence-corrected chi connectivity index (χ2v) is 12.9. The first-order chi connectivity index (χ1) is 23.8. The van der Waals surface area contributed by atoms with E-state index < -0.39 is 0 Å². The van der Waals surface area contributed by atoms with E-state index in [0.717, 1.165) is 0 Å². The molecule has 9 aromatic rings. The maximum absolute atomic E-state index is 2.35. The summed E-state index contributed by atoms with van der Waals surface area (Å²) >= 11 is 0. The lowest BCUT2D eigenvalue weighted by Crippen LogP contribution is -1.86. The molecule has 0 aromatic heterocycles. The average Bonchev–Trinajstić information content (AvgIpc) is 3.49. The van der Waals surface area contributed by atoms with Gasteiger partial charge in [0.2, 0.25) is 0 Å². The van der Waals surface area contributed by atoms with Gasteiger partial charge in [0.15, 0.2) is 0 Å². The Morgan fingerprint density at radius 1 is 0.208 bits per heavy atom. The van der Waals surface area contributed by atoms with Crippen LogP contribution in [0.3, 0.4) is 0 Å². The normalized spacial score (nSPS) is 11.8. The maximum Gasteiger partial charge on any atom is -0.00201 e. The smallest absolute Gasteiger partial charge is 0.00201 e. The van der Waals surface area contributed by atoms with Crippen molar-refractivity contribution in [3.63, 3.8) is 0 Å². The van der Waals surface area contributed by atoms with E-state index in [1.807, 2.05) is 0 Å². The van der Waals surface area contributed by atoms with E-state index in [2.05, 4.69) is 182 Å². The average molecular weight is 607 g/mol. The van der Waals surface area contributed by atoms with Gasteiger partial charge < -0.3 is 0 Å². The van der Waals surface area contributed by atoms with Crippen molar-refractivity contribution in [1.29, 1.82) is 0 Å². The van der Waals surface area contributed by atoms with Crippen molar-refractivity contribution in [2.45, 2.75) is 0 Å². The predicted octanol–water partition coefficient (Wildman–Crippen LogP) is 13.5. The summed E-state index contributed by atoms with van der Waals surface area (Å²) in [6.45, 7) is 0. The third kappa shape index (κ3) is 4.31. The summed E-state index contributed by atoms with van der Waals surface area (Å²) in [5.41, 5.74) is 15.3. The van der Waals surface area contributed by atoms with E-state index in [9.17, 15) is 0 Å². The van der Waals surface area contributed by atoms with Crippen molar-refractivity contribution in [2.24, 2.45) is 0 Å². The fraction of sp³-hybridized carbons (Fsp3) is 0. The van der Waals surface area contributed by atoms with Gasteiger partial charge >= 0.3 is 0 Å². The molecule has 0 saturated carbocycles. The Bertz CT molecular complexity index is 2680. The molecule has 0 spiro atoms. The van der Waals surface area contributed by atoms with Crippen LogP contribution in [0, 0.1) is 0 Å². The summed E-state index contributed by atoms with van der Waals surface area (Å²) in [5, 5.41) is 7.72. The monoisotopic (exact) mass is 606 g/mol. The molecule has 1 aliphatic carbocycles. The van der Waals surface area contributed by atoms with E-state index in [-0.39, 0.29) is 0 Å². The maximum atomic E-state index is 2.35. The number of hydrogen-bond acceptors (Lipinski definition) is 0. The summed E-state index contributed by atoms with van der Waals surface area (Å²) in [6.07, 6.45) is 0. The molecule has 0 nitrogen and oxygen atoms in total. The highest BCUT2D eigenvalue weighted by atomic mass is 14.2. The lowest BCUT2D eigenvalue weighted by atomic mass is 9.92. The standard InChI is InChI=1S/C48H30/c1-2-8-34-27-36(20-19-31(34)7-1)32-15-17-33(18-16-32)37-21-22-40-29-38(23-24-39(40)28-37)35-9-5-10-41(30-35)42-25-26-47-44-12-4-3-11-43(44)46-14-6-13-45(42)48(46)47/h1-30H. The van der Waals surface area contributed by atoms with Crippen LogP contribution < -0.4 is 0 Å². The van der Waals surface area contributed by atoms with Crippen molar-refractivity contribution < 1.29 is 0 Å². The van der Waals surface area contributed by atoms with E-state index in [4.69, 9.17) is 0 Å². The molecular weight excluding hydrogens is 577 g/mol. The van der Waals surface area contributed by atoms with Crippen LogP contribution in [0.4, 0.5) is 0 Å². The zero-order chi connectivity index (χ0) is 31.6. The molecule has 0 unspecified atom stereocenters. The molecule has 0 atom stereocenters. The van der Waals surface area contributed by atoms with Crippen LogP contribution in [-0.2, 0) is 0 Å². The van der Waals surface area contributed by atoms with Gasteiger partial charge in [-0.2, -0.15) is 0 Å². The van der Waals surface area contributed by atoms with Gasteiger partial charge in [-0.15, -0.1) is 0 Å². The molecule has 9 aromatic carbocycles. The molecule has 0 radical (unpaired) electrons. The molecule has 48 heavy (non-hydrogen) atoms. The highest BCUT2D eigenvalue weighted by Crippen LogP contribution is 2.49. The van der Waals surface area contributed by atoms with Gasteiger partial charge in [0.25, 0.3) is 0 Å². The molecule has 0 fully saturated rings. The third-order valence-corrected chi connectivity index (χ3v) is 10.2. The second kappa shape index (κ2) is 10.7. The minimum absolute atomic E-state index is 1.23. The summed E-state index contributed by atoms with van der Waals surface area (Å²) in [4.78, 5) is 0. The Morgan fingerprint density at radius 2 is 0.646 bits per heavy atom. The lowest BCUT2D eigenvalue weighted by molar-refractivity contribution is 1.60. The molecule has 0 heteroatoms. The van der Waals surface area contributed by atoms with Crippen molar-refractivity contribution in [3.05, 3.63) is 182 Å². The SMILES string of the molecule is c1cc(-c2ccc3cc(-c4ccc(-c5ccc6ccccc6c5)cc4)ccc3c2)cc(-c2ccc3c4c(cccc24)-c2ccccc2-3)c1. The van der Waals surface area contributed by atoms with Crippen LogP contribution in [0.5, 0.6) is 0 Å². The van der Waals surface area contributed by atoms with Crippen molar-refractivity contribution in [1.82, 2.24) is 0 Å². The number of benzene rings is 9. The summed E-state index contributed by atoms with van der Waals surface area (Å²) in [7, 11) is 0. The zero-order valence-corrected chi connectivity index (χ0v) is 26.3. The molecule has 0 saturated heterocycles. The lowest BCUT2D eigenvalue weighted by Gasteiger charge is -2.12. The minimum Gasteiger partial charge on any atom is -0.0616 e. The van der Waals surface area contributed by atoms with Gasteiger partial charge in [-0.25, -0.2) is 0 Å². The van der Waals surface area contributed by atoms with Gasteiger partial charge in [0.05, 0.1) is 0 Å². The van der Waals surface area contributed by atoms with Crippen LogP contribution in [0.25, 0.3) is 99.1 Å². The Balaban J connectivity index is 0.963. The summed E-state index contributed by atoms with van der Waals surface area (Å²) < 4.78 is 0. The predicted molar refractivity (Wildman–Crippen MR) is 205 cm³/mol. The van der Waals surface area contributed by atoms with Crippen LogP contribution in [-0.4, -0.2) is 0 Å². The number of hydrogen-bond donors (Lipinski definition) is 0. The van der Waals surface area contributed by atoms with Gasteiger partial charge in [0, 0.05) is 0 Å². The van der Waals surface area contributed by atoms with Crippen LogP contribution in [0.15, 0.2) is 182 Å². The van der Waals surface area contributed by atoms with Gasteiger partial charge in [0.1, 0.15) is 0 Å². The Hall–Kier alpha value is -6.24. The molecule has 0 heterocycles. The first-order valence-corrected chi connectivity index (χ1v) is 16.7. The summed E-state index contributed by atoms with van der Waals surface area (Å²) in [5.74, 6) is 0. The molecular formula is C48H30. The third-order valence-electron chi connectivity index (χ3n) is 10.2. The highest BCUT2D eigenvalue weighted by molar-refractivity contribution is 6.18. The first-order valence-electron chi connectivity index (χ1n) is 16.7. The molecule has 0 bridgehead atoms. The van der Waals surface area contributed by atoms with Crippen molar-refractivity contribution in [3.8, 4) is 66.8 Å². The van der Waals surface area contributed by atoms with E-state index >= 15 is 0 Å². The van der Waals surface area contributed by atoms with E-state index in [1.165, 1.54) is 99.1 Å². The van der Waals surface area contributed by atoms with Crippen LogP contribution >= 0.6 is 0 Å². The van der Waals surface area contributed by atoms with Crippen LogP contribution in [0.1, 0.15) is 0 Å². The largest absolute Gasteiger partial charge is 0.0616 e. The van der Waals surface area contributed by atoms with Gasteiger partial charge in [-0.05, 0) is 123 Å². The Labute approximate surface area is 280 Å². The zero-order valence-electron chi connectivity index (χ0n) is 26.3. The van der Waals surface area contributed by atoms with Crippen molar-refractivity contribution >= 4 is 32.3 Å². The topological polar surface area (TPSA) is 0 Å².